The van der Waals surface area contributed by atoms with Crippen LogP contribution in [0, 0.1) is 4.77 Å². The molecule has 1 aromatic heterocycles. The van der Waals surface area contributed by atoms with Crippen LogP contribution in [0.15, 0.2) is 0 Å². The first kappa shape index (κ1) is 13.7. The van der Waals surface area contributed by atoms with E-state index in [0.717, 1.165) is 13.2 Å². The zero-order valence-corrected chi connectivity index (χ0v) is 11.9. The molecule has 1 fully saturated rings. The Morgan fingerprint density at radius 2 is 2.22 bits per heavy atom. The summed E-state index contributed by atoms with van der Waals surface area (Å²) in [5.41, 5.74) is 0. The highest BCUT2D eigenvalue weighted by atomic mass is 32.1. The summed E-state index contributed by atoms with van der Waals surface area (Å²) in [5, 5.41) is 13.5. The van der Waals surface area contributed by atoms with Crippen LogP contribution in [0.1, 0.15) is 19.7 Å². The lowest BCUT2D eigenvalue weighted by atomic mass is 10.1. The summed E-state index contributed by atoms with van der Waals surface area (Å²) in [6, 6.07) is 0.334. The van der Waals surface area contributed by atoms with Gasteiger partial charge in [0.15, 0.2) is 10.6 Å². The molecule has 0 bridgehead atoms. The Morgan fingerprint density at radius 3 is 2.83 bits per heavy atom. The van der Waals surface area contributed by atoms with Crippen LogP contribution in [0.3, 0.4) is 0 Å². The Labute approximate surface area is 112 Å². The first-order chi connectivity index (χ1) is 8.54. The molecule has 0 amide bonds. The predicted molar refractivity (Wildman–Crippen MR) is 69.5 cm³/mol. The summed E-state index contributed by atoms with van der Waals surface area (Å²) in [6.45, 7) is 6.37. The summed E-state index contributed by atoms with van der Waals surface area (Å²) < 4.78 is 9.73. The van der Waals surface area contributed by atoms with E-state index in [-0.39, 0.29) is 12.7 Å². The van der Waals surface area contributed by atoms with Gasteiger partial charge in [-0.1, -0.05) is 0 Å². The first-order valence-corrected chi connectivity index (χ1v) is 6.54. The zero-order chi connectivity index (χ0) is 13.3. The predicted octanol–water partition coefficient (Wildman–Crippen LogP) is 0.510. The number of aromatic nitrogens is 3. The number of hydrogen-bond acceptors (Lipinski definition) is 5. The van der Waals surface area contributed by atoms with E-state index >= 15 is 0 Å². The Hall–Kier alpha value is -0.760. The van der Waals surface area contributed by atoms with Gasteiger partial charge >= 0.3 is 0 Å². The summed E-state index contributed by atoms with van der Waals surface area (Å²) in [7, 11) is 1.82. The molecule has 102 valence electrons. The molecule has 2 rings (SSSR count). The van der Waals surface area contributed by atoms with Crippen LogP contribution >= 0.6 is 12.2 Å². The van der Waals surface area contributed by atoms with Gasteiger partial charge in [-0.15, -0.1) is 0 Å². The van der Waals surface area contributed by atoms with Crippen molar-refractivity contribution in [3.8, 4) is 0 Å². The second-order valence-corrected chi connectivity index (χ2v) is 5.05. The van der Waals surface area contributed by atoms with Crippen LogP contribution in [0.5, 0.6) is 0 Å². The highest BCUT2D eigenvalue weighted by Crippen LogP contribution is 2.14. The molecule has 2 heterocycles. The van der Waals surface area contributed by atoms with Crippen molar-refractivity contribution in [2.24, 2.45) is 7.05 Å². The molecule has 1 N–H and O–H groups in total. The van der Waals surface area contributed by atoms with E-state index in [1.807, 2.05) is 7.05 Å². The molecule has 0 aromatic carbocycles. The van der Waals surface area contributed by atoms with Gasteiger partial charge in [-0.05, 0) is 26.1 Å². The Balaban J connectivity index is 2.16. The van der Waals surface area contributed by atoms with Crippen molar-refractivity contribution in [2.45, 2.75) is 39.3 Å². The number of hydrogen-bond donors (Lipinski definition) is 1. The van der Waals surface area contributed by atoms with Gasteiger partial charge in [0.2, 0.25) is 0 Å². The number of ether oxygens (including phenoxy) is 1. The first-order valence-electron chi connectivity index (χ1n) is 6.13. The van der Waals surface area contributed by atoms with Gasteiger partial charge in [0.05, 0.1) is 19.4 Å². The van der Waals surface area contributed by atoms with Crippen LogP contribution in [0.2, 0.25) is 0 Å². The van der Waals surface area contributed by atoms with Crippen LogP contribution < -0.4 is 0 Å². The Morgan fingerprint density at radius 1 is 1.50 bits per heavy atom. The van der Waals surface area contributed by atoms with E-state index < -0.39 is 0 Å². The van der Waals surface area contributed by atoms with Crippen molar-refractivity contribution < 1.29 is 9.84 Å². The van der Waals surface area contributed by atoms with Gasteiger partial charge in [-0.3, -0.25) is 4.90 Å². The summed E-state index contributed by atoms with van der Waals surface area (Å²) >= 11 is 5.31. The van der Waals surface area contributed by atoms with Crippen LogP contribution in [-0.4, -0.2) is 49.7 Å². The molecule has 2 unspecified atom stereocenters. The number of morpholine rings is 1. The Bertz CT molecular complexity index is 470. The molecule has 0 radical (unpaired) electrons. The van der Waals surface area contributed by atoms with Crippen molar-refractivity contribution in [1.29, 1.82) is 0 Å². The van der Waals surface area contributed by atoms with Crippen molar-refractivity contribution in [1.82, 2.24) is 19.2 Å². The monoisotopic (exact) mass is 272 g/mol. The van der Waals surface area contributed by atoms with Crippen molar-refractivity contribution in [3.63, 3.8) is 0 Å². The van der Waals surface area contributed by atoms with E-state index in [0.29, 0.717) is 23.3 Å². The molecule has 1 aromatic rings. The van der Waals surface area contributed by atoms with Crippen molar-refractivity contribution in [2.75, 3.05) is 13.2 Å². The van der Waals surface area contributed by atoms with E-state index in [4.69, 9.17) is 17.0 Å². The van der Waals surface area contributed by atoms with Crippen molar-refractivity contribution >= 4 is 12.2 Å². The maximum Gasteiger partial charge on any atom is 0.198 e. The standard InChI is InChI=1S/C11H20N4O2S/c1-8-9(2)17-5-4-14(8)7-15-11(18)13(3)10(6-16)12-15/h8-9,16H,4-7H2,1-3H3. The van der Waals surface area contributed by atoms with E-state index in [1.165, 1.54) is 0 Å². The molecular weight excluding hydrogens is 252 g/mol. The van der Waals surface area contributed by atoms with Gasteiger partial charge in [-0.2, -0.15) is 5.10 Å². The summed E-state index contributed by atoms with van der Waals surface area (Å²) in [6.07, 6.45) is 0.217. The fourth-order valence-electron chi connectivity index (χ4n) is 2.13. The largest absolute Gasteiger partial charge is 0.388 e. The molecule has 0 saturated carbocycles. The van der Waals surface area contributed by atoms with Crippen LogP contribution in [0.4, 0.5) is 0 Å². The van der Waals surface area contributed by atoms with E-state index in [1.54, 1.807) is 9.25 Å². The SMILES string of the molecule is CC1OCCN(Cn2nc(CO)n(C)c2=S)C1C. The fraction of sp³-hybridized carbons (Fsp3) is 0.818. The smallest absolute Gasteiger partial charge is 0.198 e. The minimum absolute atomic E-state index is 0.0950. The molecule has 1 aliphatic heterocycles. The summed E-state index contributed by atoms with van der Waals surface area (Å²) in [4.78, 5) is 2.29. The lowest BCUT2D eigenvalue weighted by Crippen LogP contribution is -2.49. The molecule has 6 nitrogen and oxygen atoms in total. The Kier molecular flexibility index (Phi) is 4.16. The fourth-order valence-corrected chi connectivity index (χ4v) is 2.33. The molecule has 0 spiro atoms. The molecule has 1 saturated heterocycles. The molecule has 2 atom stereocenters. The van der Waals surface area contributed by atoms with E-state index in [9.17, 15) is 5.11 Å². The molecular formula is C11H20N4O2S. The average Bonchev–Trinajstić information content (AvgIpc) is 2.63. The highest BCUT2D eigenvalue weighted by Gasteiger charge is 2.26. The minimum Gasteiger partial charge on any atom is -0.388 e. The van der Waals surface area contributed by atoms with Gasteiger partial charge in [0.25, 0.3) is 0 Å². The highest BCUT2D eigenvalue weighted by molar-refractivity contribution is 7.71. The molecule has 1 aliphatic rings. The number of rotatable bonds is 3. The zero-order valence-electron chi connectivity index (χ0n) is 11.0. The minimum atomic E-state index is -0.0950. The van der Waals surface area contributed by atoms with Crippen LogP contribution in [-0.2, 0) is 25.1 Å². The third-order valence-corrected chi connectivity index (χ3v) is 4.09. The van der Waals surface area contributed by atoms with E-state index in [2.05, 4.69) is 23.8 Å². The van der Waals surface area contributed by atoms with Gasteiger partial charge in [0.1, 0.15) is 6.61 Å². The normalized spacial score (nSPS) is 25.6. The lowest BCUT2D eigenvalue weighted by Gasteiger charge is -2.37. The topological polar surface area (TPSA) is 55.4 Å². The number of aliphatic hydroxyl groups is 1. The third-order valence-electron chi connectivity index (χ3n) is 3.60. The quantitative estimate of drug-likeness (QED) is 0.813. The average molecular weight is 272 g/mol. The van der Waals surface area contributed by atoms with Gasteiger partial charge < -0.3 is 14.4 Å². The summed E-state index contributed by atoms with van der Waals surface area (Å²) in [5.74, 6) is 0.592. The maximum absolute atomic E-state index is 9.18. The molecule has 7 heteroatoms. The van der Waals surface area contributed by atoms with Gasteiger partial charge in [-0.25, -0.2) is 4.68 Å². The van der Waals surface area contributed by atoms with Crippen LogP contribution in [0.25, 0.3) is 0 Å². The molecule has 0 aliphatic carbocycles. The number of nitrogens with zero attached hydrogens (tertiary/aromatic N) is 4. The second-order valence-electron chi connectivity index (χ2n) is 4.69. The second kappa shape index (κ2) is 5.48. The van der Waals surface area contributed by atoms with Gasteiger partial charge in [0, 0.05) is 19.6 Å². The number of aliphatic hydroxyl groups excluding tert-OH is 1. The lowest BCUT2D eigenvalue weighted by molar-refractivity contribution is -0.0681. The maximum atomic E-state index is 9.18. The van der Waals surface area contributed by atoms with Crippen molar-refractivity contribution in [3.05, 3.63) is 10.6 Å². The molecule has 18 heavy (non-hydrogen) atoms. The third kappa shape index (κ3) is 2.49.